The van der Waals surface area contributed by atoms with Gasteiger partial charge in [0.15, 0.2) is 0 Å². The van der Waals surface area contributed by atoms with Crippen molar-refractivity contribution in [2.24, 2.45) is 5.41 Å². The molecule has 3 heteroatoms. The highest BCUT2D eigenvalue weighted by atomic mass is 79.9. The Morgan fingerprint density at radius 3 is 2.00 bits per heavy atom. The van der Waals surface area contributed by atoms with Crippen LogP contribution in [-0.4, -0.2) is 0 Å². The van der Waals surface area contributed by atoms with Crippen LogP contribution in [0.4, 0.5) is 5.69 Å². The van der Waals surface area contributed by atoms with Crippen LogP contribution in [0.5, 0.6) is 0 Å². The van der Waals surface area contributed by atoms with Crippen LogP contribution in [0.2, 0.25) is 0 Å². The van der Waals surface area contributed by atoms with Crippen molar-refractivity contribution >= 4 is 37.5 Å². The molecule has 2 aromatic carbocycles. The Hall–Kier alpha value is -0.800. The lowest BCUT2D eigenvalue weighted by atomic mass is 9.85. The minimum atomic E-state index is 0.251. The lowest BCUT2D eigenvalue weighted by Crippen LogP contribution is -2.19. The van der Waals surface area contributed by atoms with Crippen molar-refractivity contribution in [1.29, 1.82) is 0 Å². The van der Waals surface area contributed by atoms with Gasteiger partial charge in [-0.2, -0.15) is 0 Å². The van der Waals surface area contributed by atoms with Gasteiger partial charge < -0.3 is 5.32 Å². The third-order valence-corrected chi connectivity index (χ3v) is 4.62. The van der Waals surface area contributed by atoms with E-state index in [9.17, 15) is 0 Å². The molecule has 0 amide bonds. The maximum Gasteiger partial charge on any atom is 0.0633 e. The topological polar surface area (TPSA) is 12.0 Å². The molecule has 1 unspecified atom stereocenters. The highest BCUT2D eigenvalue weighted by Gasteiger charge is 2.21. The quantitative estimate of drug-likeness (QED) is 0.584. The molecule has 0 aliphatic rings. The van der Waals surface area contributed by atoms with E-state index in [0.717, 1.165) is 21.1 Å². The average Bonchev–Trinajstić information content (AvgIpc) is 2.41. The van der Waals surface area contributed by atoms with Gasteiger partial charge in [-0.25, -0.2) is 0 Å². The number of nitrogens with one attached hydrogen (secondary N) is 1. The molecule has 1 N–H and O–H groups in total. The van der Waals surface area contributed by atoms with Crippen molar-refractivity contribution in [2.75, 3.05) is 5.32 Å². The second-order valence-corrected chi connectivity index (χ2v) is 8.18. The van der Waals surface area contributed by atoms with Crippen molar-refractivity contribution in [3.63, 3.8) is 0 Å². The van der Waals surface area contributed by atoms with Gasteiger partial charge in [-0.1, -0.05) is 57.2 Å². The van der Waals surface area contributed by atoms with Gasteiger partial charge in [-0.05, 0) is 61.4 Å². The van der Waals surface area contributed by atoms with Gasteiger partial charge >= 0.3 is 0 Å². The number of halogens is 2. The molecule has 112 valence electrons. The van der Waals surface area contributed by atoms with E-state index in [1.54, 1.807) is 0 Å². The van der Waals surface area contributed by atoms with Crippen LogP contribution in [0.3, 0.4) is 0 Å². The van der Waals surface area contributed by atoms with Crippen molar-refractivity contribution in [1.82, 2.24) is 0 Å². The zero-order valence-corrected chi connectivity index (χ0v) is 15.8. The van der Waals surface area contributed by atoms with Crippen LogP contribution in [0.1, 0.15) is 38.8 Å². The van der Waals surface area contributed by atoms with Gasteiger partial charge in [-0.3, -0.25) is 0 Å². The fourth-order valence-electron chi connectivity index (χ4n) is 2.36. The Bertz CT molecular complexity index is 568. The Labute approximate surface area is 144 Å². The second-order valence-electron chi connectivity index (χ2n) is 6.47. The summed E-state index contributed by atoms with van der Waals surface area (Å²) in [4.78, 5) is 0. The minimum absolute atomic E-state index is 0.251. The molecule has 1 nitrogen and oxygen atoms in total. The third-order valence-electron chi connectivity index (χ3n) is 3.30. The smallest absolute Gasteiger partial charge is 0.0633 e. The Morgan fingerprint density at radius 2 is 1.48 bits per heavy atom. The van der Waals surface area contributed by atoms with Gasteiger partial charge in [0, 0.05) is 8.95 Å². The van der Waals surface area contributed by atoms with Crippen LogP contribution >= 0.6 is 31.9 Å². The molecule has 0 saturated heterocycles. The molecule has 0 spiro atoms. The summed E-state index contributed by atoms with van der Waals surface area (Å²) in [6, 6.07) is 17.1. The summed E-state index contributed by atoms with van der Waals surface area (Å²) in [5, 5.41) is 3.69. The molecule has 2 aromatic rings. The normalized spacial score (nSPS) is 13.0. The number of hydrogen-bond acceptors (Lipinski definition) is 1. The number of para-hydroxylation sites is 1. The van der Waals surface area contributed by atoms with E-state index in [1.165, 1.54) is 5.56 Å². The zero-order chi connectivity index (χ0) is 15.5. The maximum atomic E-state index is 3.69. The SMILES string of the molecule is CC(C)(C)CC(Nc1c(Br)cccc1Br)c1ccccc1. The molecule has 0 heterocycles. The van der Waals surface area contributed by atoms with Gasteiger partial charge in [0.2, 0.25) is 0 Å². The fraction of sp³-hybridized carbons (Fsp3) is 0.333. The number of rotatable bonds is 4. The van der Waals surface area contributed by atoms with Crippen molar-refractivity contribution in [3.05, 3.63) is 63.0 Å². The van der Waals surface area contributed by atoms with Gasteiger partial charge in [-0.15, -0.1) is 0 Å². The summed E-state index contributed by atoms with van der Waals surface area (Å²) >= 11 is 7.27. The molecule has 0 radical (unpaired) electrons. The summed E-state index contributed by atoms with van der Waals surface area (Å²) < 4.78 is 2.15. The standard InChI is InChI=1S/C18H21Br2N/c1-18(2,3)12-16(13-8-5-4-6-9-13)21-17-14(19)10-7-11-15(17)20/h4-11,16,21H,12H2,1-3H3. The molecule has 0 fully saturated rings. The van der Waals surface area contributed by atoms with Gasteiger partial charge in [0.05, 0.1) is 11.7 Å². The predicted molar refractivity (Wildman–Crippen MR) is 98.7 cm³/mol. The lowest BCUT2D eigenvalue weighted by molar-refractivity contribution is 0.352. The van der Waals surface area contributed by atoms with E-state index >= 15 is 0 Å². The van der Waals surface area contributed by atoms with Crippen LogP contribution in [0.15, 0.2) is 57.5 Å². The molecule has 0 aromatic heterocycles. The average molecular weight is 411 g/mol. The molecule has 0 bridgehead atoms. The van der Waals surface area contributed by atoms with E-state index in [4.69, 9.17) is 0 Å². The minimum Gasteiger partial charge on any atom is -0.376 e. The summed E-state index contributed by atoms with van der Waals surface area (Å²) in [6.07, 6.45) is 1.06. The summed E-state index contributed by atoms with van der Waals surface area (Å²) in [5.74, 6) is 0. The van der Waals surface area contributed by atoms with Crippen molar-refractivity contribution in [3.8, 4) is 0 Å². The van der Waals surface area contributed by atoms with Crippen LogP contribution in [0.25, 0.3) is 0 Å². The molecule has 2 rings (SSSR count). The first-order chi connectivity index (χ1) is 9.87. The number of benzene rings is 2. The molecule has 0 aliphatic heterocycles. The van der Waals surface area contributed by atoms with Crippen LogP contribution in [0, 0.1) is 5.41 Å². The van der Waals surface area contributed by atoms with Gasteiger partial charge in [0.1, 0.15) is 0 Å². The predicted octanol–water partition coefficient (Wildman–Crippen LogP) is 6.80. The molecular formula is C18H21Br2N. The molecule has 21 heavy (non-hydrogen) atoms. The summed E-state index contributed by atoms with van der Waals surface area (Å²) in [7, 11) is 0. The summed E-state index contributed by atoms with van der Waals surface area (Å²) in [6.45, 7) is 6.83. The lowest BCUT2D eigenvalue weighted by Gasteiger charge is -2.29. The first kappa shape index (κ1) is 16.6. The maximum absolute atomic E-state index is 3.69. The largest absolute Gasteiger partial charge is 0.376 e. The zero-order valence-electron chi connectivity index (χ0n) is 12.7. The monoisotopic (exact) mass is 409 g/mol. The fourth-order valence-corrected chi connectivity index (χ4v) is 3.59. The van der Waals surface area contributed by atoms with Crippen molar-refractivity contribution in [2.45, 2.75) is 33.2 Å². The first-order valence-electron chi connectivity index (χ1n) is 7.12. The van der Waals surface area contributed by atoms with E-state index in [-0.39, 0.29) is 11.5 Å². The molecule has 1 atom stereocenters. The Balaban J connectivity index is 2.33. The van der Waals surface area contributed by atoms with Crippen molar-refractivity contribution < 1.29 is 0 Å². The van der Waals surface area contributed by atoms with E-state index in [2.05, 4.69) is 100 Å². The molecule has 0 saturated carbocycles. The highest BCUT2D eigenvalue weighted by Crippen LogP contribution is 2.37. The number of hydrogen-bond donors (Lipinski definition) is 1. The number of anilines is 1. The van der Waals surface area contributed by atoms with E-state index in [1.807, 2.05) is 6.07 Å². The van der Waals surface area contributed by atoms with E-state index in [0.29, 0.717) is 0 Å². The Kier molecular flexibility index (Phi) is 5.50. The molecular weight excluding hydrogens is 390 g/mol. The highest BCUT2D eigenvalue weighted by molar-refractivity contribution is 9.11. The summed E-state index contributed by atoms with van der Waals surface area (Å²) in [5.41, 5.74) is 2.67. The second kappa shape index (κ2) is 6.97. The van der Waals surface area contributed by atoms with Crippen LogP contribution < -0.4 is 5.32 Å². The third kappa shape index (κ3) is 4.86. The van der Waals surface area contributed by atoms with Crippen LogP contribution in [-0.2, 0) is 0 Å². The van der Waals surface area contributed by atoms with E-state index < -0.39 is 0 Å². The first-order valence-corrected chi connectivity index (χ1v) is 8.71. The Morgan fingerprint density at radius 1 is 0.905 bits per heavy atom. The van der Waals surface area contributed by atoms with Gasteiger partial charge in [0.25, 0.3) is 0 Å². The molecule has 0 aliphatic carbocycles.